The molecule has 1 aliphatic carbocycles. The van der Waals surface area contributed by atoms with Gasteiger partial charge in [-0.2, -0.15) is 0 Å². The van der Waals surface area contributed by atoms with Crippen LogP contribution in [-0.4, -0.2) is 46.9 Å². The Labute approximate surface area is 155 Å². The van der Waals surface area contributed by atoms with E-state index in [-0.39, 0.29) is 18.0 Å². The van der Waals surface area contributed by atoms with E-state index in [2.05, 4.69) is 5.73 Å². The second kappa shape index (κ2) is 6.48. The van der Waals surface area contributed by atoms with Crippen molar-refractivity contribution in [2.45, 2.75) is 18.4 Å². The first-order valence-corrected chi connectivity index (χ1v) is 8.89. The van der Waals surface area contributed by atoms with Gasteiger partial charge in [-0.05, 0) is 0 Å². The number of quaternary nitrogens is 1. The Balaban J connectivity index is 0.00000182. The molecule has 0 radical (unpaired) electrons. The SMILES string of the molecule is N=C([NH3+])N1CCC2(CC1)CSC1=C(O2)c2ccccc2C(=O)C1=O.[Cl-]. The number of likely N-dealkylation sites (tertiary alicyclic amines) is 1. The van der Waals surface area contributed by atoms with Crippen LogP contribution in [0.1, 0.15) is 28.8 Å². The fraction of sp³-hybridized carbons (Fsp3) is 0.353. The lowest BCUT2D eigenvalue weighted by Crippen LogP contribution is -3.00. The Morgan fingerprint density at radius 3 is 2.44 bits per heavy atom. The van der Waals surface area contributed by atoms with Gasteiger partial charge in [-0.25, -0.2) is 5.41 Å². The normalized spacial score (nSPS) is 21.2. The number of fused-ring (bicyclic) bond motifs is 2. The first-order valence-electron chi connectivity index (χ1n) is 7.91. The van der Waals surface area contributed by atoms with E-state index in [1.54, 1.807) is 12.1 Å². The molecular formula is C17H18ClN3O3S. The highest BCUT2D eigenvalue weighted by atomic mass is 35.5. The van der Waals surface area contributed by atoms with E-state index in [1.165, 1.54) is 11.8 Å². The van der Waals surface area contributed by atoms with Gasteiger partial charge in [-0.3, -0.25) is 15.3 Å². The summed E-state index contributed by atoms with van der Waals surface area (Å²) in [7, 11) is 0. The second-order valence-electron chi connectivity index (χ2n) is 6.37. The van der Waals surface area contributed by atoms with Crippen molar-refractivity contribution < 1.29 is 32.5 Å². The number of hydrogen-bond acceptors (Lipinski definition) is 5. The first-order chi connectivity index (χ1) is 11.5. The van der Waals surface area contributed by atoms with Crippen molar-refractivity contribution in [3.05, 3.63) is 40.3 Å². The number of ether oxygens (including phenoxy) is 1. The van der Waals surface area contributed by atoms with Gasteiger partial charge in [0, 0.05) is 42.8 Å². The van der Waals surface area contributed by atoms with Gasteiger partial charge in [0.15, 0.2) is 0 Å². The van der Waals surface area contributed by atoms with Gasteiger partial charge in [-0.1, -0.05) is 24.3 Å². The molecule has 25 heavy (non-hydrogen) atoms. The molecule has 0 aromatic heterocycles. The predicted molar refractivity (Wildman–Crippen MR) is 90.4 cm³/mol. The number of nitrogens with zero attached hydrogens (tertiary/aromatic N) is 1. The maximum absolute atomic E-state index is 12.4. The Bertz CT molecular complexity index is 800. The number of piperidine rings is 1. The Morgan fingerprint density at radius 1 is 1.16 bits per heavy atom. The van der Waals surface area contributed by atoms with Crippen molar-refractivity contribution in [2.24, 2.45) is 0 Å². The monoisotopic (exact) mass is 379 g/mol. The van der Waals surface area contributed by atoms with Crippen LogP contribution in [0, 0.1) is 5.41 Å². The van der Waals surface area contributed by atoms with E-state index < -0.39 is 11.6 Å². The molecule has 132 valence electrons. The third-order valence-corrected chi connectivity index (χ3v) is 6.22. The quantitative estimate of drug-likeness (QED) is 0.306. The molecule has 8 heteroatoms. The fourth-order valence-corrected chi connectivity index (χ4v) is 4.70. The zero-order chi connectivity index (χ0) is 16.9. The van der Waals surface area contributed by atoms with Gasteiger partial charge in [0.05, 0.1) is 0 Å². The molecule has 2 heterocycles. The molecule has 1 aromatic carbocycles. The summed E-state index contributed by atoms with van der Waals surface area (Å²) in [6, 6.07) is 7.14. The van der Waals surface area contributed by atoms with E-state index in [0.717, 1.165) is 31.5 Å². The highest BCUT2D eigenvalue weighted by Gasteiger charge is 2.46. The van der Waals surface area contributed by atoms with Crippen LogP contribution in [0.15, 0.2) is 29.2 Å². The summed E-state index contributed by atoms with van der Waals surface area (Å²) in [6.45, 7) is 1.44. The Morgan fingerprint density at radius 2 is 1.80 bits per heavy atom. The number of benzene rings is 1. The van der Waals surface area contributed by atoms with Crippen LogP contribution < -0.4 is 18.1 Å². The maximum Gasteiger partial charge on any atom is 0.292 e. The molecular weight excluding hydrogens is 362 g/mol. The molecule has 0 amide bonds. The third kappa shape index (κ3) is 2.86. The number of thioether (sulfide) groups is 1. The molecule has 0 bridgehead atoms. The summed E-state index contributed by atoms with van der Waals surface area (Å²) >= 11 is 1.43. The number of nitrogens with one attached hydrogen (secondary N) is 1. The second-order valence-corrected chi connectivity index (χ2v) is 7.36. The lowest BCUT2D eigenvalue weighted by atomic mass is 9.90. The van der Waals surface area contributed by atoms with E-state index >= 15 is 0 Å². The average Bonchev–Trinajstić information content (AvgIpc) is 2.60. The molecule has 2 aliphatic heterocycles. The van der Waals surface area contributed by atoms with Crippen molar-refractivity contribution >= 4 is 35.0 Å². The molecule has 0 atom stereocenters. The fourth-order valence-electron chi connectivity index (χ4n) is 3.44. The largest absolute Gasteiger partial charge is 1.00 e. The van der Waals surface area contributed by atoms with E-state index in [4.69, 9.17) is 10.1 Å². The van der Waals surface area contributed by atoms with Crippen molar-refractivity contribution in [3.63, 3.8) is 0 Å². The number of halogens is 1. The number of carbonyl (C=O) groups is 2. The molecule has 0 saturated carbocycles. The van der Waals surface area contributed by atoms with Gasteiger partial charge in [0.2, 0.25) is 11.6 Å². The molecule has 6 nitrogen and oxygen atoms in total. The molecule has 0 unspecified atom stereocenters. The first kappa shape index (κ1) is 18.0. The molecule has 1 fully saturated rings. The molecule has 4 rings (SSSR count). The Hall–Kier alpha value is -1.83. The van der Waals surface area contributed by atoms with E-state index in [9.17, 15) is 9.59 Å². The lowest BCUT2D eigenvalue weighted by Gasteiger charge is -2.44. The van der Waals surface area contributed by atoms with Crippen LogP contribution in [0.4, 0.5) is 0 Å². The van der Waals surface area contributed by atoms with Gasteiger partial charge < -0.3 is 22.0 Å². The van der Waals surface area contributed by atoms with Crippen molar-refractivity contribution in [2.75, 3.05) is 18.8 Å². The number of carbonyl (C=O) groups excluding carboxylic acids is 2. The molecule has 4 N–H and O–H groups in total. The minimum absolute atomic E-state index is 0. The number of guanidine groups is 1. The zero-order valence-corrected chi connectivity index (χ0v) is 15.1. The Kier molecular flexibility index (Phi) is 4.66. The molecule has 1 spiro atoms. The van der Waals surface area contributed by atoms with Gasteiger partial charge >= 0.3 is 0 Å². The predicted octanol–water partition coefficient (Wildman–Crippen LogP) is -2.10. The minimum Gasteiger partial charge on any atom is -1.00 e. The van der Waals surface area contributed by atoms with Crippen molar-refractivity contribution in [1.29, 1.82) is 5.41 Å². The van der Waals surface area contributed by atoms with Gasteiger partial charge in [0.1, 0.15) is 16.3 Å². The summed E-state index contributed by atoms with van der Waals surface area (Å²) in [5.41, 5.74) is 4.48. The maximum atomic E-state index is 12.4. The average molecular weight is 380 g/mol. The zero-order valence-electron chi connectivity index (χ0n) is 13.5. The van der Waals surface area contributed by atoms with E-state index in [0.29, 0.717) is 27.9 Å². The van der Waals surface area contributed by atoms with Crippen molar-refractivity contribution in [1.82, 2.24) is 4.90 Å². The number of rotatable bonds is 0. The number of ketones is 2. The smallest absolute Gasteiger partial charge is 0.292 e. The third-order valence-electron chi connectivity index (χ3n) is 4.89. The molecule has 3 aliphatic rings. The minimum atomic E-state index is -0.458. The summed E-state index contributed by atoms with van der Waals surface area (Å²) < 4.78 is 6.36. The highest BCUT2D eigenvalue weighted by Crippen LogP contribution is 2.47. The van der Waals surface area contributed by atoms with Crippen LogP contribution in [-0.2, 0) is 9.53 Å². The summed E-state index contributed by atoms with van der Waals surface area (Å²) in [5, 5.41) is 7.66. The van der Waals surface area contributed by atoms with Crippen LogP contribution in [0.2, 0.25) is 0 Å². The van der Waals surface area contributed by atoms with Gasteiger partial charge in [-0.15, -0.1) is 11.8 Å². The van der Waals surface area contributed by atoms with Gasteiger partial charge in [0.25, 0.3) is 5.96 Å². The van der Waals surface area contributed by atoms with E-state index in [1.807, 2.05) is 17.0 Å². The molecule has 1 aromatic rings. The lowest BCUT2D eigenvalue weighted by molar-refractivity contribution is -0.239. The number of hydrogen-bond donors (Lipinski definition) is 2. The topological polar surface area (TPSA) is 98.1 Å². The number of Topliss-reactive ketones (excluding diaryl/α,β-unsaturated/α-hetero) is 2. The summed E-state index contributed by atoms with van der Waals surface area (Å²) in [6.07, 6.45) is 1.55. The number of allylic oxidation sites excluding steroid dienone is 1. The highest BCUT2D eigenvalue weighted by molar-refractivity contribution is 8.04. The van der Waals surface area contributed by atoms with Crippen LogP contribution in [0.3, 0.4) is 0 Å². The standard InChI is InChI=1S/C17H17N3O3S.ClH/c18-16(19)20-7-5-17(6-8-20)9-24-15-13(22)12(21)10-3-1-2-4-11(10)14(15)23-17;/h1-4H,5-9H2,(H3,18,19);1H. The molecule has 1 saturated heterocycles. The van der Waals surface area contributed by atoms with Crippen LogP contribution >= 0.6 is 11.8 Å². The van der Waals surface area contributed by atoms with Crippen molar-refractivity contribution in [3.8, 4) is 0 Å². The summed E-state index contributed by atoms with van der Waals surface area (Å²) in [4.78, 5) is 27.0. The van der Waals surface area contributed by atoms with Crippen LogP contribution in [0.5, 0.6) is 0 Å². The van der Waals surface area contributed by atoms with Crippen LogP contribution in [0.25, 0.3) is 5.76 Å². The summed E-state index contributed by atoms with van der Waals surface area (Å²) in [5.74, 6) is 0.643.